The van der Waals surface area contributed by atoms with E-state index in [1.807, 2.05) is 30.3 Å². The van der Waals surface area contributed by atoms with Crippen molar-refractivity contribution in [2.24, 2.45) is 0 Å². The minimum Gasteiger partial charge on any atom is -0.368 e. The van der Waals surface area contributed by atoms with Crippen LogP contribution in [0.5, 0.6) is 0 Å². The lowest BCUT2D eigenvalue weighted by Gasteiger charge is -2.06. The van der Waals surface area contributed by atoms with Crippen LogP contribution in [-0.2, 0) is 6.42 Å². The second kappa shape index (κ2) is 4.85. The molecule has 0 amide bonds. The van der Waals surface area contributed by atoms with Gasteiger partial charge in [-0.05, 0) is 24.6 Å². The summed E-state index contributed by atoms with van der Waals surface area (Å²) in [6, 6.07) is 12.1. The normalized spacial score (nSPS) is 10.8. The number of hydrogen-bond acceptors (Lipinski definition) is 5. The monoisotopic (exact) mass is 270 g/mol. The Labute approximate surface area is 115 Å². The van der Waals surface area contributed by atoms with Crippen LogP contribution in [0.2, 0.25) is 0 Å². The van der Waals surface area contributed by atoms with Gasteiger partial charge in [-0.15, -0.1) is 11.3 Å². The fourth-order valence-corrected chi connectivity index (χ4v) is 2.89. The van der Waals surface area contributed by atoms with E-state index in [-0.39, 0.29) is 0 Å². The second-order valence-electron chi connectivity index (χ2n) is 4.21. The summed E-state index contributed by atoms with van der Waals surface area (Å²) >= 11 is 1.67. The summed E-state index contributed by atoms with van der Waals surface area (Å²) in [6.07, 6.45) is 0.992. The van der Waals surface area contributed by atoms with Crippen molar-refractivity contribution in [3.63, 3.8) is 0 Å². The molecule has 0 saturated carbocycles. The highest BCUT2D eigenvalue weighted by Gasteiger charge is 2.10. The van der Waals surface area contributed by atoms with Gasteiger partial charge in [-0.3, -0.25) is 0 Å². The lowest BCUT2D eigenvalue weighted by Crippen LogP contribution is -1.99. The molecule has 0 atom stereocenters. The van der Waals surface area contributed by atoms with Crippen LogP contribution < -0.4 is 11.1 Å². The van der Waals surface area contributed by atoms with Crippen LogP contribution in [0.25, 0.3) is 10.2 Å². The standard InChI is InChI=1S/C14H14N4S/c1-2-10-8-11-12(16-9-6-4-3-5-7-9)17-14(15)18-13(11)19-10/h3-8H,2H2,1H3,(H3,15,16,17,18). The van der Waals surface area contributed by atoms with Crippen LogP contribution in [-0.4, -0.2) is 9.97 Å². The Bertz CT molecular complexity index is 706. The van der Waals surface area contributed by atoms with E-state index >= 15 is 0 Å². The predicted octanol–water partition coefficient (Wildman–Crippen LogP) is 3.58. The van der Waals surface area contributed by atoms with Crippen LogP contribution in [0.15, 0.2) is 36.4 Å². The molecule has 0 radical (unpaired) electrons. The zero-order valence-corrected chi connectivity index (χ0v) is 11.4. The molecule has 19 heavy (non-hydrogen) atoms. The molecule has 0 spiro atoms. The molecule has 2 heterocycles. The van der Waals surface area contributed by atoms with Gasteiger partial charge in [0.2, 0.25) is 5.95 Å². The topological polar surface area (TPSA) is 63.8 Å². The van der Waals surface area contributed by atoms with Crippen molar-refractivity contribution in [3.8, 4) is 0 Å². The number of hydrogen-bond donors (Lipinski definition) is 2. The van der Waals surface area contributed by atoms with Crippen molar-refractivity contribution in [3.05, 3.63) is 41.3 Å². The van der Waals surface area contributed by atoms with E-state index in [9.17, 15) is 0 Å². The molecule has 5 heteroatoms. The Hall–Kier alpha value is -2.14. The zero-order chi connectivity index (χ0) is 13.2. The fourth-order valence-electron chi connectivity index (χ4n) is 1.92. The van der Waals surface area contributed by atoms with Gasteiger partial charge in [0.05, 0.1) is 5.39 Å². The maximum absolute atomic E-state index is 5.77. The molecule has 0 unspecified atom stereocenters. The molecule has 0 bridgehead atoms. The van der Waals surface area contributed by atoms with E-state index in [0.717, 1.165) is 28.1 Å². The molecule has 0 aliphatic carbocycles. The SMILES string of the molecule is CCc1cc2c(Nc3ccccc3)nc(N)nc2s1. The van der Waals surface area contributed by atoms with Gasteiger partial charge in [0.1, 0.15) is 10.6 Å². The van der Waals surface area contributed by atoms with Gasteiger partial charge in [-0.25, -0.2) is 4.98 Å². The van der Waals surface area contributed by atoms with Crippen molar-refractivity contribution in [1.82, 2.24) is 9.97 Å². The first-order chi connectivity index (χ1) is 9.26. The molecule has 2 aromatic heterocycles. The third-order valence-electron chi connectivity index (χ3n) is 2.85. The summed E-state index contributed by atoms with van der Waals surface area (Å²) in [5.41, 5.74) is 6.77. The fraction of sp³-hybridized carbons (Fsp3) is 0.143. The highest BCUT2D eigenvalue weighted by molar-refractivity contribution is 7.18. The molecule has 96 valence electrons. The van der Waals surface area contributed by atoms with Gasteiger partial charge in [-0.2, -0.15) is 4.98 Å². The number of nitrogens with two attached hydrogens (primary N) is 1. The number of aromatic nitrogens is 2. The van der Waals surface area contributed by atoms with E-state index in [4.69, 9.17) is 5.73 Å². The summed E-state index contributed by atoms with van der Waals surface area (Å²) in [6.45, 7) is 2.13. The number of para-hydroxylation sites is 1. The number of rotatable bonds is 3. The first-order valence-electron chi connectivity index (χ1n) is 6.14. The molecule has 0 aliphatic heterocycles. The van der Waals surface area contributed by atoms with Crippen molar-refractivity contribution in [1.29, 1.82) is 0 Å². The summed E-state index contributed by atoms with van der Waals surface area (Å²) in [7, 11) is 0. The average Bonchev–Trinajstić information content (AvgIpc) is 2.83. The number of thiophene rings is 1. The van der Waals surface area contributed by atoms with E-state index in [1.165, 1.54) is 4.88 Å². The van der Waals surface area contributed by atoms with Crippen LogP contribution in [0.3, 0.4) is 0 Å². The van der Waals surface area contributed by atoms with Crippen LogP contribution in [0, 0.1) is 0 Å². The first kappa shape index (κ1) is 11.9. The van der Waals surface area contributed by atoms with Gasteiger partial charge in [0.15, 0.2) is 0 Å². The van der Waals surface area contributed by atoms with Gasteiger partial charge in [0.25, 0.3) is 0 Å². The largest absolute Gasteiger partial charge is 0.368 e. The predicted molar refractivity (Wildman–Crippen MR) is 80.9 cm³/mol. The van der Waals surface area contributed by atoms with Crippen LogP contribution in [0.1, 0.15) is 11.8 Å². The van der Waals surface area contributed by atoms with Gasteiger partial charge in [0, 0.05) is 10.6 Å². The lowest BCUT2D eigenvalue weighted by molar-refractivity contribution is 1.19. The van der Waals surface area contributed by atoms with Crippen LogP contribution >= 0.6 is 11.3 Å². The quantitative estimate of drug-likeness (QED) is 0.763. The zero-order valence-electron chi connectivity index (χ0n) is 10.6. The Balaban J connectivity index is 2.09. The molecule has 4 nitrogen and oxygen atoms in total. The molecule has 0 fully saturated rings. The highest BCUT2D eigenvalue weighted by atomic mass is 32.1. The molecular weight excluding hydrogens is 256 g/mol. The number of anilines is 3. The van der Waals surface area contributed by atoms with E-state index < -0.39 is 0 Å². The third-order valence-corrected chi connectivity index (χ3v) is 4.02. The summed E-state index contributed by atoms with van der Waals surface area (Å²) in [5.74, 6) is 1.07. The maximum Gasteiger partial charge on any atom is 0.223 e. The molecular formula is C14H14N4S. The lowest BCUT2D eigenvalue weighted by atomic mass is 10.3. The number of nitrogen functional groups attached to an aromatic ring is 1. The van der Waals surface area contributed by atoms with Gasteiger partial charge in [-0.1, -0.05) is 25.1 Å². The van der Waals surface area contributed by atoms with Gasteiger partial charge >= 0.3 is 0 Å². The third kappa shape index (κ3) is 2.37. The van der Waals surface area contributed by atoms with Crippen molar-refractivity contribution < 1.29 is 0 Å². The average molecular weight is 270 g/mol. The molecule has 3 rings (SSSR count). The minimum absolute atomic E-state index is 0.301. The highest BCUT2D eigenvalue weighted by Crippen LogP contribution is 2.31. The molecule has 1 aromatic carbocycles. The Morgan fingerprint density at radius 2 is 2.00 bits per heavy atom. The number of nitrogens with zero attached hydrogens (tertiary/aromatic N) is 2. The second-order valence-corrected chi connectivity index (χ2v) is 5.32. The van der Waals surface area contributed by atoms with E-state index in [2.05, 4.69) is 28.3 Å². The van der Waals surface area contributed by atoms with E-state index in [1.54, 1.807) is 11.3 Å². The van der Waals surface area contributed by atoms with Crippen molar-refractivity contribution in [2.45, 2.75) is 13.3 Å². The van der Waals surface area contributed by atoms with E-state index in [0.29, 0.717) is 5.95 Å². The number of nitrogens with one attached hydrogen (secondary N) is 1. The molecule has 0 saturated heterocycles. The molecule has 3 aromatic rings. The van der Waals surface area contributed by atoms with Crippen molar-refractivity contribution >= 4 is 39.0 Å². The number of benzene rings is 1. The minimum atomic E-state index is 0.301. The maximum atomic E-state index is 5.77. The molecule has 0 aliphatic rings. The Morgan fingerprint density at radius 3 is 2.74 bits per heavy atom. The van der Waals surface area contributed by atoms with Crippen molar-refractivity contribution in [2.75, 3.05) is 11.1 Å². The summed E-state index contributed by atoms with van der Waals surface area (Å²) in [4.78, 5) is 10.8. The Morgan fingerprint density at radius 1 is 1.21 bits per heavy atom. The van der Waals surface area contributed by atoms with Crippen LogP contribution in [0.4, 0.5) is 17.5 Å². The Kier molecular flexibility index (Phi) is 3.05. The number of aryl methyl sites for hydroxylation is 1. The first-order valence-corrected chi connectivity index (χ1v) is 6.96. The molecule has 3 N–H and O–H groups in total. The van der Waals surface area contributed by atoms with Gasteiger partial charge < -0.3 is 11.1 Å². The smallest absolute Gasteiger partial charge is 0.223 e. The summed E-state index contributed by atoms with van der Waals surface area (Å²) < 4.78 is 0. The summed E-state index contributed by atoms with van der Waals surface area (Å²) in [5, 5.41) is 4.33. The number of fused-ring (bicyclic) bond motifs is 1.